The number of aliphatic carboxylic acids is 1. The third-order valence-electron chi connectivity index (χ3n) is 9.42. The van der Waals surface area contributed by atoms with E-state index in [9.17, 15) is 23.1 Å². The number of carbonyl (C=O) groups is 1. The molecule has 242 valence electrons. The van der Waals surface area contributed by atoms with Gasteiger partial charge < -0.3 is 24.5 Å². The van der Waals surface area contributed by atoms with Gasteiger partial charge in [-0.1, -0.05) is 55.3 Å². The third kappa shape index (κ3) is 7.22. The molecule has 1 aromatic heterocycles. The molecule has 0 spiro atoms. The number of hydrogen-bond acceptors (Lipinski definition) is 4. The molecule has 0 bridgehead atoms. The Labute approximate surface area is 272 Å². The fourth-order valence-electron chi connectivity index (χ4n) is 6.87. The van der Waals surface area contributed by atoms with Crippen LogP contribution >= 0.6 is 11.6 Å². The molecule has 6 rings (SSSR count). The Balaban J connectivity index is 1.14. The number of aromatic amines is 1. The fourth-order valence-corrected chi connectivity index (χ4v) is 7.00. The number of likely N-dealkylation sites (tertiary alicyclic amines) is 1. The zero-order chi connectivity index (χ0) is 32.6. The number of alkyl halides is 3. The number of aromatic nitrogens is 1. The molecule has 1 saturated heterocycles. The van der Waals surface area contributed by atoms with Gasteiger partial charge in [-0.25, -0.2) is 0 Å². The smallest absolute Gasteiger partial charge is 0.431 e. The van der Waals surface area contributed by atoms with Crippen molar-refractivity contribution in [1.82, 2.24) is 9.88 Å². The van der Waals surface area contributed by atoms with Crippen molar-refractivity contribution in [1.29, 1.82) is 0 Å². The highest BCUT2D eigenvalue weighted by molar-refractivity contribution is 6.30. The summed E-state index contributed by atoms with van der Waals surface area (Å²) in [6.07, 6.45) is 7.42. The number of carboxylic acid groups (broad SMARTS) is 1. The second kappa shape index (κ2) is 12.7. The van der Waals surface area contributed by atoms with Crippen LogP contribution in [0.25, 0.3) is 16.5 Å². The maximum atomic E-state index is 13.3. The van der Waals surface area contributed by atoms with Crippen molar-refractivity contribution in [3.8, 4) is 5.75 Å². The summed E-state index contributed by atoms with van der Waals surface area (Å²) in [5.74, 6) is -0.539. The van der Waals surface area contributed by atoms with Crippen molar-refractivity contribution in [2.45, 2.75) is 65.0 Å². The van der Waals surface area contributed by atoms with Gasteiger partial charge >= 0.3 is 6.18 Å². The number of H-pyrrole nitrogens is 1. The van der Waals surface area contributed by atoms with Crippen LogP contribution in [0.3, 0.4) is 0 Å². The number of halogens is 4. The van der Waals surface area contributed by atoms with Gasteiger partial charge in [-0.05, 0) is 103 Å². The molecule has 0 atom stereocenters. The van der Waals surface area contributed by atoms with Crippen molar-refractivity contribution in [2.75, 3.05) is 13.1 Å². The number of carbonyl (C=O) groups excluding carboxylic acids is 1. The number of hydrogen-bond donors (Lipinski definition) is 1. The minimum absolute atomic E-state index is 0.125. The molecule has 2 heterocycles. The molecule has 3 aromatic rings. The number of piperidine rings is 1. The molecule has 0 saturated carbocycles. The van der Waals surface area contributed by atoms with Gasteiger partial charge in [0.15, 0.2) is 0 Å². The lowest BCUT2D eigenvalue weighted by Gasteiger charge is -2.37. The average molecular weight is 650 g/mol. The van der Waals surface area contributed by atoms with Gasteiger partial charge in [-0.2, -0.15) is 13.2 Å². The predicted octanol–water partition coefficient (Wildman–Crippen LogP) is 8.83. The molecule has 5 nitrogen and oxygen atoms in total. The van der Waals surface area contributed by atoms with E-state index in [1.165, 1.54) is 35.8 Å². The minimum atomic E-state index is -4.55. The van der Waals surface area contributed by atoms with E-state index < -0.39 is 17.8 Å². The van der Waals surface area contributed by atoms with Crippen molar-refractivity contribution < 1.29 is 27.8 Å². The van der Waals surface area contributed by atoms with Crippen LogP contribution < -0.4 is 9.84 Å². The molecule has 46 heavy (non-hydrogen) atoms. The van der Waals surface area contributed by atoms with Crippen LogP contribution in [0.2, 0.25) is 5.02 Å². The number of fused-ring (bicyclic) bond motifs is 1. The van der Waals surface area contributed by atoms with Crippen LogP contribution in [0, 0.1) is 11.3 Å². The van der Waals surface area contributed by atoms with Crippen LogP contribution in [0.4, 0.5) is 13.2 Å². The van der Waals surface area contributed by atoms with Crippen LogP contribution in [-0.2, 0) is 11.0 Å². The number of nitrogens with zero attached hydrogens (tertiary/aromatic N) is 1. The Hall–Kier alpha value is -3.91. The summed E-state index contributed by atoms with van der Waals surface area (Å²) in [6, 6.07) is 13.8. The molecule has 2 aromatic carbocycles. The van der Waals surface area contributed by atoms with Gasteiger partial charge in [0, 0.05) is 47.2 Å². The van der Waals surface area contributed by atoms with E-state index in [0.29, 0.717) is 5.92 Å². The van der Waals surface area contributed by atoms with E-state index in [-0.39, 0.29) is 39.8 Å². The first-order chi connectivity index (χ1) is 21.8. The molecular formula is C37H37ClF3N2O3-. The molecule has 9 heteroatoms. The topological polar surface area (TPSA) is 68.4 Å². The number of benzene rings is 2. The van der Waals surface area contributed by atoms with E-state index in [1.807, 2.05) is 18.3 Å². The summed E-state index contributed by atoms with van der Waals surface area (Å²) in [6.45, 7) is 6.45. The first-order valence-corrected chi connectivity index (χ1v) is 16.1. The summed E-state index contributed by atoms with van der Waals surface area (Å²) in [4.78, 5) is 16.5. The summed E-state index contributed by atoms with van der Waals surface area (Å²) in [5, 5.41) is 12.9. The fraction of sp³-hybridized carbons (Fsp3) is 0.378. The summed E-state index contributed by atoms with van der Waals surface area (Å²) in [7, 11) is 0. The van der Waals surface area contributed by atoms with Gasteiger partial charge in [0.2, 0.25) is 0 Å². The second-order valence-corrected chi connectivity index (χ2v) is 13.9. The SMILES string of the molecule is CC1(C)CCC(CC2CCN(C=C3C=CC(C(=O)[O-])=C(Oc4cccc5[nH]c(C(F)(F)F)cc45)C3)CC2)=C(c2ccc(Cl)cc2)C1. The largest absolute Gasteiger partial charge is 0.545 e. The maximum absolute atomic E-state index is 13.3. The highest BCUT2D eigenvalue weighted by Gasteiger charge is 2.33. The van der Waals surface area contributed by atoms with E-state index in [1.54, 1.807) is 17.7 Å². The normalized spacial score (nSPS) is 20.2. The third-order valence-corrected chi connectivity index (χ3v) is 9.67. The standard InChI is InChI=1S/C37H38ClF3N2O3/c1-36(2)15-12-26(30(21-36)25-7-9-27(38)10-8-25)18-23-13-16-43(17-14-23)22-24-6-11-28(35(44)45)33(19-24)46-32-5-3-4-31-29(32)20-34(42-31)37(39,40)41/h3-11,20,22-23,42H,12-19,21H2,1-2H3,(H,44,45)/p-1. The average Bonchev–Trinajstić information content (AvgIpc) is 3.46. The molecule has 0 unspecified atom stereocenters. The zero-order valence-electron chi connectivity index (χ0n) is 26.0. The zero-order valence-corrected chi connectivity index (χ0v) is 26.7. The van der Waals surface area contributed by atoms with E-state index in [2.05, 4.69) is 35.9 Å². The lowest BCUT2D eigenvalue weighted by molar-refractivity contribution is -0.299. The Morgan fingerprint density at radius 2 is 1.87 bits per heavy atom. The number of rotatable bonds is 7. The Kier molecular flexibility index (Phi) is 8.85. The molecule has 2 aliphatic carbocycles. The minimum Gasteiger partial charge on any atom is -0.545 e. The molecule has 1 fully saturated rings. The summed E-state index contributed by atoms with van der Waals surface area (Å²) >= 11 is 6.18. The second-order valence-electron chi connectivity index (χ2n) is 13.5. The van der Waals surface area contributed by atoms with Crippen LogP contribution in [0.1, 0.15) is 70.1 Å². The van der Waals surface area contributed by atoms with Crippen molar-refractivity contribution in [3.63, 3.8) is 0 Å². The molecule has 1 aliphatic heterocycles. The Morgan fingerprint density at radius 1 is 1.13 bits per heavy atom. The summed E-state index contributed by atoms with van der Waals surface area (Å²) < 4.78 is 46.0. The van der Waals surface area contributed by atoms with Gasteiger partial charge in [0.05, 0.1) is 5.97 Å². The van der Waals surface area contributed by atoms with Gasteiger partial charge in [-0.3, -0.25) is 0 Å². The van der Waals surface area contributed by atoms with Crippen LogP contribution in [0.15, 0.2) is 89.4 Å². The molecular weight excluding hydrogens is 613 g/mol. The van der Waals surface area contributed by atoms with Gasteiger partial charge in [0.25, 0.3) is 0 Å². The first kappa shape index (κ1) is 32.0. The lowest BCUT2D eigenvalue weighted by Crippen LogP contribution is -2.31. The van der Waals surface area contributed by atoms with E-state index >= 15 is 0 Å². The predicted molar refractivity (Wildman–Crippen MR) is 173 cm³/mol. The van der Waals surface area contributed by atoms with Crippen LogP contribution in [-0.4, -0.2) is 28.9 Å². The van der Waals surface area contributed by atoms with Gasteiger partial charge in [0.1, 0.15) is 17.2 Å². The number of allylic oxidation sites excluding steroid dienone is 4. The summed E-state index contributed by atoms with van der Waals surface area (Å²) in [5.41, 5.74) is 4.66. The monoisotopic (exact) mass is 649 g/mol. The highest BCUT2D eigenvalue weighted by atomic mass is 35.5. The van der Waals surface area contributed by atoms with E-state index in [4.69, 9.17) is 16.3 Å². The molecule has 1 N–H and O–H groups in total. The molecule has 0 radical (unpaired) electrons. The number of nitrogens with one attached hydrogen (secondary N) is 1. The quantitative estimate of drug-likeness (QED) is 0.278. The van der Waals surface area contributed by atoms with Gasteiger partial charge in [-0.15, -0.1) is 0 Å². The molecule has 0 amide bonds. The Bertz CT molecular complexity index is 1750. The van der Waals surface area contributed by atoms with Crippen molar-refractivity contribution in [2.24, 2.45) is 11.3 Å². The highest BCUT2D eigenvalue weighted by Crippen LogP contribution is 2.45. The lowest BCUT2D eigenvalue weighted by atomic mass is 9.70. The maximum Gasteiger partial charge on any atom is 0.431 e. The molecule has 3 aliphatic rings. The van der Waals surface area contributed by atoms with E-state index in [0.717, 1.165) is 61.9 Å². The first-order valence-electron chi connectivity index (χ1n) is 15.8. The Morgan fingerprint density at radius 3 is 2.57 bits per heavy atom. The van der Waals surface area contributed by atoms with Crippen molar-refractivity contribution >= 4 is 34.0 Å². The number of carboxylic acids is 1. The number of ether oxygens (including phenoxy) is 1. The van der Waals surface area contributed by atoms with Crippen LogP contribution in [0.5, 0.6) is 5.75 Å². The van der Waals surface area contributed by atoms with Crippen molar-refractivity contribution in [3.05, 3.63) is 106 Å².